The van der Waals surface area contributed by atoms with Crippen molar-refractivity contribution >= 4 is 40.6 Å². The molecule has 0 aliphatic heterocycles. The lowest BCUT2D eigenvalue weighted by Gasteiger charge is -2.19. The van der Waals surface area contributed by atoms with E-state index in [1.165, 1.54) is 0 Å². The van der Waals surface area contributed by atoms with E-state index in [0.29, 0.717) is 27.4 Å². The molecule has 0 bridgehead atoms. The minimum atomic E-state index is -0.307. The van der Waals surface area contributed by atoms with Crippen molar-refractivity contribution in [2.75, 3.05) is 11.1 Å². The summed E-state index contributed by atoms with van der Waals surface area (Å²) in [5.74, 6) is -0.418. The first kappa shape index (κ1) is 18.1. The van der Waals surface area contributed by atoms with Gasteiger partial charge in [-0.05, 0) is 36.4 Å². The molecule has 0 saturated carbocycles. The van der Waals surface area contributed by atoms with E-state index in [1.54, 1.807) is 60.7 Å². The molecule has 1 aliphatic carbocycles. The number of carbonyl (C=O) groups is 2. The molecule has 3 aromatic carbocycles. The fraction of sp³-hybridized carbons (Fsp3) is 0. The van der Waals surface area contributed by atoms with Crippen molar-refractivity contribution in [3.63, 3.8) is 0 Å². The number of hydrogen-bond acceptors (Lipinski definition) is 7. The summed E-state index contributed by atoms with van der Waals surface area (Å²) < 4.78 is 5.66. The second-order valence-corrected chi connectivity index (χ2v) is 7.13. The second-order valence-electron chi connectivity index (χ2n) is 6.70. The summed E-state index contributed by atoms with van der Waals surface area (Å²) in [6, 6.07) is 17.0. The molecule has 0 spiro atoms. The molecule has 4 aromatic rings. The van der Waals surface area contributed by atoms with Crippen molar-refractivity contribution in [1.29, 1.82) is 0 Å². The Morgan fingerprint density at radius 1 is 0.800 bits per heavy atom. The molecule has 8 heteroatoms. The van der Waals surface area contributed by atoms with Crippen LogP contribution in [0.25, 0.3) is 11.5 Å². The van der Waals surface area contributed by atoms with Crippen LogP contribution < -0.4 is 11.1 Å². The number of fused-ring (bicyclic) bond motifs is 2. The number of aromatic nitrogens is 2. The van der Waals surface area contributed by atoms with Gasteiger partial charge in [-0.2, -0.15) is 0 Å². The Hall–Kier alpha value is -3.97. The van der Waals surface area contributed by atoms with Crippen LogP contribution in [0.15, 0.2) is 65.1 Å². The third-order valence-corrected chi connectivity index (χ3v) is 5.14. The minimum absolute atomic E-state index is 0.127. The molecule has 0 atom stereocenters. The average Bonchev–Trinajstić information content (AvgIpc) is 3.21. The van der Waals surface area contributed by atoms with Crippen LogP contribution in [-0.2, 0) is 0 Å². The van der Waals surface area contributed by atoms with Crippen molar-refractivity contribution in [1.82, 2.24) is 10.2 Å². The van der Waals surface area contributed by atoms with Crippen LogP contribution in [0.4, 0.5) is 17.4 Å². The van der Waals surface area contributed by atoms with E-state index in [0.717, 1.165) is 0 Å². The largest absolute Gasteiger partial charge is 0.403 e. The normalized spacial score (nSPS) is 12.4. The molecule has 0 radical (unpaired) electrons. The summed E-state index contributed by atoms with van der Waals surface area (Å²) in [7, 11) is 0. The van der Waals surface area contributed by atoms with Crippen LogP contribution in [0, 0.1) is 0 Å². The lowest BCUT2D eigenvalue weighted by molar-refractivity contribution is 0.0980. The number of nitrogen functional groups attached to an aromatic ring is 1. The Labute approximate surface area is 175 Å². The fourth-order valence-electron chi connectivity index (χ4n) is 3.44. The monoisotopic (exact) mass is 416 g/mol. The van der Waals surface area contributed by atoms with Gasteiger partial charge in [-0.15, -0.1) is 5.10 Å². The standard InChI is InChI=1S/C22H13ClN4O3/c23-11-5-7-12(8-6-11)25-22-27-26-21(30-22)16-10-9-15-17(18(16)24)20(29)14-4-2-1-3-13(14)19(15)28/h1-10H,24H2,(H,25,27). The first-order valence-electron chi connectivity index (χ1n) is 9.00. The predicted octanol–water partition coefficient (Wildman–Crippen LogP) is 4.49. The van der Waals surface area contributed by atoms with E-state index in [2.05, 4.69) is 15.5 Å². The molecule has 7 nitrogen and oxygen atoms in total. The van der Waals surface area contributed by atoms with E-state index >= 15 is 0 Å². The van der Waals surface area contributed by atoms with E-state index in [9.17, 15) is 9.59 Å². The van der Waals surface area contributed by atoms with Gasteiger partial charge >= 0.3 is 6.01 Å². The van der Waals surface area contributed by atoms with Crippen molar-refractivity contribution in [2.45, 2.75) is 0 Å². The Morgan fingerprint density at radius 2 is 1.47 bits per heavy atom. The number of nitrogens with one attached hydrogen (secondary N) is 1. The number of carbonyl (C=O) groups excluding carboxylic acids is 2. The molecule has 1 aliphatic rings. The zero-order valence-corrected chi connectivity index (χ0v) is 16.1. The number of hydrogen-bond donors (Lipinski definition) is 2. The van der Waals surface area contributed by atoms with Crippen LogP contribution in [0.1, 0.15) is 31.8 Å². The maximum Gasteiger partial charge on any atom is 0.320 e. The number of nitrogens with two attached hydrogens (primary N) is 1. The number of anilines is 3. The van der Waals surface area contributed by atoms with Crippen LogP contribution in [0.5, 0.6) is 0 Å². The zero-order valence-electron chi connectivity index (χ0n) is 15.3. The third-order valence-electron chi connectivity index (χ3n) is 4.88. The summed E-state index contributed by atoms with van der Waals surface area (Å²) in [6.07, 6.45) is 0. The number of ketones is 2. The highest BCUT2D eigenvalue weighted by Crippen LogP contribution is 2.36. The van der Waals surface area contributed by atoms with Gasteiger partial charge in [-0.3, -0.25) is 9.59 Å². The molecule has 146 valence electrons. The summed E-state index contributed by atoms with van der Waals surface area (Å²) >= 11 is 5.88. The van der Waals surface area contributed by atoms with Gasteiger partial charge in [0.15, 0.2) is 11.6 Å². The molecule has 0 unspecified atom stereocenters. The molecule has 3 N–H and O–H groups in total. The van der Waals surface area contributed by atoms with Gasteiger partial charge in [0.05, 0.1) is 16.8 Å². The molecule has 0 fully saturated rings. The summed E-state index contributed by atoms with van der Waals surface area (Å²) in [4.78, 5) is 25.8. The number of nitrogens with zero attached hydrogens (tertiary/aromatic N) is 2. The Kier molecular flexibility index (Phi) is 4.11. The molecular weight excluding hydrogens is 404 g/mol. The molecule has 5 rings (SSSR count). The SMILES string of the molecule is Nc1c(-c2nnc(Nc3ccc(Cl)cc3)o2)ccc2c1C(=O)c1ccccc1C2=O. The van der Waals surface area contributed by atoms with E-state index in [4.69, 9.17) is 21.8 Å². The van der Waals surface area contributed by atoms with Crippen molar-refractivity contribution < 1.29 is 14.0 Å². The Balaban J connectivity index is 1.53. The van der Waals surface area contributed by atoms with Crippen molar-refractivity contribution in [2.24, 2.45) is 0 Å². The molecule has 1 heterocycles. The molecule has 1 aromatic heterocycles. The summed E-state index contributed by atoms with van der Waals surface area (Å²) in [5.41, 5.74) is 8.62. The van der Waals surface area contributed by atoms with E-state index in [1.807, 2.05) is 0 Å². The minimum Gasteiger partial charge on any atom is -0.403 e. The maximum absolute atomic E-state index is 13.0. The predicted molar refractivity (Wildman–Crippen MR) is 112 cm³/mol. The fourth-order valence-corrected chi connectivity index (χ4v) is 3.56. The van der Waals surface area contributed by atoms with Crippen molar-refractivity contribution in [3.05, 3.63) is 87.9 Å². The summed E-state index contributed by atoms with van der Waals surface area (Å²) in [5, 5.41) is 11.6. The van der Waals surface area contributed by atoms with E-state index in [-0.39, 0.29) is 40.3 Å². The van der Waals surface area contributed by atoms with Crippen LogP contribution >= 0.6 is 11.6 Å². The van der Waals surface area contributed by atoms with Gasteiger partial charge < -0.3 is 15.5 Å². The Bertz CT molecular complexity index is 1330. The van der Waals surface area contributed by atoms with Gasteiger partial charge in [-0.25, -0.2) is 0 Å². The number of benzene rings is 3. The average molecular weight is 417 g/mol. The van der Waals surface area contributed by atoms with Crippen molar-refractivity contribution in [3.8, 4) is 11.5 Å². The van der Waals surface area contributed by atoms with E-state index < -0.39 is 0 Å². The third kappa shape index (κ3) is 2.84. The summed E-state index contributed by atoms with van der Waals surface area (Å²) in [6.45, 7) is 0. The van der Waals surface area contributed by atoms with Gasteiger partial charge in [0.25, 0.3) is 5.89 Å². The zero-order chi connectivity index (χ0) is 20.8. The first-order valence-corrected chi connectivity index (χ1v) is 9.38. The van der Waals surface area contributed by atoms with Crippen LogP contribution in [-0.4, -0.2) is 21.8 Å². The van der Waals surface area contributed by atoms with Gasteiger partial charge in [0, 0.05) is 27.4 Å². The van der Waals surface area contributed by atoms with Gasteiger partial charge in [0.1, 0.15) is 0 Å². The second kappa shape index (κ2) is 6.82. The first-order chi connectivity index (χ1) is 14.5. The molecule has 30 heavy (non-hydrogen) atoms. The highest BCUT2D eigenvalue weighted by atomic mass is 35.5. The molecule has 0 amide bonds. The Morgan fingerprint density at radius 3 is 2.20 bits per heavy atom. The highest BCUT2D eigenvalue weighted by molar-refractivity contribution is 6.31. The van der Waals surface area contributed by atoms with Crippen LogP contribution in [0.3, 0.4) is 0 Å². The van der Waals surface area contributed by atoms with Gasteiger partial charge in [-0.1, -0.05) is 41.0 Å². The lowest BCUT2D eigenvalue weighted by Crippen LogP contribution is -2.22. The highest BCUT2D eigenvalue weighted by Gasteiger charge is 2.32. The molecular formula is C22H13ClN4O3. The smallest absolute Gasteiger partial charge is 0.320 e. The molecule has 0 saturated heterocycles. The quantitative estimate of drug-likeness (QED) is 0.417. The number of halogens is 1. The topological polar surface area (TPSA) is 111 Å². The maximum atomic E-state index is 13.0. The lowest BCUT2D eigenvalue weighted by atomic mass is 9.82. The van der Waals surface area contributed by atoms with Crippen LogP contribution in [0.2, 0.25) is 5.02 Å². The number of rotatable bonds is 3. The van der Waals surface area contributed by atoms with Gasteiger partial charge in [0.2, 0.25) is 0 Å².